The van der Waals surface area contributed by atoms with E-state index in [2.05, 4.69) is 11.6 Å². The molecule has 1 aromatic heterocycles. The Morgan fingerprint density at radius 2 is 1.93 bits per heavy atom. The number of thiazole rings is 1. The first kappa shape index (κ1) is 19.8. The van der Waals surface area contributed by atoms with Crippen LogP contribution in [0.2, 0.25) is 0 Å². The van der Waals surface area contributed by atoms with Gasteiger partial charge in [0.05, 0.1) is 5.69 Å². The lowest BCUT2D eigenvalue weighted by Crippen LogP contribution is -2.30. The molecule has 0 bridgehead atoms. The molecule has 0 saturated carbocycles. The van der Waals surface area contributed by atoms with E-state index >= 15 is 0 Å². The number of carbonyl (C=O) groups is 1. The average molecular weight is 396 g/mol. The van der Waals surface area contributed by atoms with Gasteiger partial charge in [-0.15, -0.1) is 17.9 Å². The summed E-state index contributed by atoms with van der Waals surface area (Å²) in [5.41, 5.74) is 1.73. The van der Waals surface area contributed by atoms with Gasteiger partial charge >= 0.3 is 0 Å². The molecule has 0 fully saturated rings. The zero-order valence-electron chi connectivity index (χ0n) is 15.6. The van der Waals surface area contributed by atoms with E-state index < -0.39 is 0 Å². The molecule has 0 radical (unpaired) electrons. The van der Waals surface area contributed by atoms with E-state index in [1.807, 2.05) is 37.3 Å². The van der Waals surface area contributed by atoms with Crippen LogP contribution in [0.1, 0.15) is 25.9 Å². The number of ether oxygens (including phenoxy) is 1. The predicted octanol–water partition coefficient (Wildman–Crippen LogP) is 5.00. The zero-order chi connectivity index (χ0) is 19.9. The lowest BCUT2D eigenvalue weighted by molar-refractivity contribution is 0.0766. The summed E-state index contributed by atoms with van der Waals surface area (Å²) in [4.78, 5) is 19.8. The molecule has 2 aromatic carbocycles. The first-order chi connectivity index (χ1) is 13.6. The number of aromatic nitrogens is 1. The lowest BCUT2D eigenvalue weighted by atomic mass is 10.2. The number of hydrogen-bond donors (Lipinski definition) is 0. The fourth-order valence-corrected chi connectivity index (χ4v) is 3.66. The number of hydrogen-bond acceptors (Lipinski definition) is 4. The second kappa shape index (κ2) is 9.28. The molecule has 1 amide bonds. The summed E-state index contributed by atoms with van der Waals surface area (Å²) in [6.45, 7) is 6.76. The summed E-state index contributed by atoms with van der Waals surface area (Å²) < 4.78 is 18.6. The Labute approximate surface area is 167 Å². The summed E-state index contributed by atoms with van der Waals surface area (Å²) in [7, 11) is 0. The summed E-state index contributed by atoms with van der Waals surface area (Å²) in [5.74, 6) is 0.164. The summed E-state index contributed by atoms with van der Waals surface area (Å²) in [6, 6.07) is 15.6. The Balaban J connectivity index is 1.71. The van der Waals surface area contributed by atoms with Crippen molar-refractivity contribution in [2.24, 2.45) is 0 Å². The van der Waals surface area contributed by atoms with Gasteiger partial charge in [0.15, 0.2) is 0 Å². The first-order valence-corrected chi connectivity index (χ1v) is 9.67. The quantitative estimate of drug-likeness (QED) is 0.503. The fourth-order valence-electron chi connectivity index (χ4n) is 2.71. The Morgan fingerprint density at radius 3 is 2.61 bits per heavy atom. The van der Waals surface area contributed by atoms with Crippen molar-refractivity contribution in [3.8, 4) is 5.75 Å². The molecule has 0 aliphatic carbocycles. The van der Waals surface area contributed by atoms with Crippen LogP contribution < -0.4 is 4.74 Å². The van der Waals surface area contributed by atoms with Gasteiger partial charge in [0.1, 0.15) is 28.1 Å². The third-order valence-electron chi connectivity index (χ3n) is 4.06. The SMILES string of the molecule is C=CCN(Cc1ccccc1)C(=O)c1sc(COc2ccc(F)cc2)nc1C. The van der Waals surface area contributed by atoms with Gasteiger partial charge in [-0.05, 0) is 36.8 Å². The van der Waals surface area contributed by atoms with Crippen molar-refractivity contribution < 1.29 is 13.9 Å². The molecule has 0 spiro atoms. The maximum absolute atomic E-state index is 13.1. The third-order valence-corrected chi connectivity index (χ3v) is 5.18. The fraction of sp³-hybridized carbons (Fsp3) is 0.182. The van der Waals surface area contributed by atoms with Crippen LogP contribution in [0.15, 0.2) is 67.3 Å². The second-order valence-corrected chi connectivity index (χ2v) is 7.31. The van der Waals surface area contributed by atoms with Gasteiger partial charge in [0, 0.05) is 13.1 Å². The van der Waals surface area contributed by atoms with E-state index in [1.165, 1.54) is 23.5 Å². The van der Waals surface area contributed by atoms with Crippen LogP contribution in [0.4, 0.5) is 4.39 Å². The predicted molar refractivity (Wildman–Crippen MR) is 109 cm³/mol. The van der Waals surface area contributed by atoms with Gasteiger partial charge in [-0.2, -0.15) is 0 Å². The molecule has 0 saturated heterocycles. The van der Waals surface area contributed by atoms with Crippen molar-refractivity contribution in [1.29, 1.82) is 0 Å². The van der Waals surface area contributed by atoms with Crippen LogP contribution in [-0.4, -0.2) is 22.3 Å². The minimum atomic E-state index is -0.314. The molecular formula is C22H21FN2O2S. The third kappa shape index (κ3) is 5.04. The van der Waals surface area contributed by atoms with E-state index in [4.69, 9.17) is 4.74 Å². The highest BCUT2D eigenvalue weighted by molar-refractivity contribution is 7.13. The molecule has 3 aromatic rings. The molecule has 0 atom stereocenters. The highest BCUT2D eigenvalue weighted by Crippen LogP contribution is 2.23. The van der Waals surface area contributed by atoms with Gasteiger partial charge in [-0.3, -0.25) is 4.79 Å². The lowest BCUT2D eigenvalue weighted by Gasteiger charge is -2.20. The van der Waals surface area contributed by atoms with E-state index in [0.717, 1.165) is 5.56 Å². The second-order valence-electron chi connectivity index (χ2n) is 6.22. The molecule has 28 heavy (non-hydrogen) atoms. The van der Waals surface area contributed by atoms with Gasteiger partial charge in [-0.25, -0.2) is 9.37 Å². The minimum Gasteiger partial charge on any atom is -0.486 e. The molecule has 6 heteroatoms. The van der Waals surface area contributed by atoms with Crippen molar-refractivity contribution in [2.45, 2.75) is 20.1 Å². The van der Waals surface area contributed by atoms with E-state index in [0.29, 0.717) is 34.4 Å². The molecule has 1 heterocycles. The Kier molecular flexibility index (Phi) is 6.55. The molecule has 3 rings (SSSR count). The highest BCUT2D eigenvalue weighted by atomic mass is 32.1. The maximum Gasteiger partial charge on any atom is 0.266 e. The highest BCUT2D eigenvalue weighted by Gasteiger charge is 2.21. The standard InChI is InChI=1S/C22H21FN2O2S/c1-3-13-25(14-17-7-5-4-6-8-17)22(26)21-16(2)24-20(28-21)15-27-19-11-9-18(23)10-12-19/h3-12H,1,13-15H2,2H3. The number of amides is 1. The maximum atomic E-state index is 13.1. The van der Waals surface area contributed by atoms with Crippen molar-refractivity contribution in [3.05, 3.63) is 94.2 Å². The van der Waals surface area contributed by atoms with Gasteiger partial charge in [-0.1, -0.05) is 36.4 Å². The smallest absolute Gasteiger partial charge is 0.266 e. The largest absolute Gasteiger partial charge is 0.486 e. The molecule has 0 unspecified atom stereocenters. The van der Waals surface area contributed by atoms with Gasteiger partial charge in [0.2, 0.25) is 0 Å². The number of nitrogens with zero attached hydrogens (tertiary/aromatic N) is 2. The molecule has 144 valence electrons. The van der Waals surface area contributed by atoms with Gasteiger partial charge < -0.3 is 9.64 Å². The monoisotopic (exact) mass is 396 g/mol. The summed E-state index contributed by atoms with van der Waals surface area (Å²) >= 11 is 1.32. The normalized spacial score (nSPS) is 10.5. The zero-order valence-corrected chi connectivity index (χ0v) is 16.4. The van der Waals surface area contributed by atoms with Crippen LogP contribution in [0, 0.1) is 12.7 Å². The number of aryl methyl sites for hydroxylation is 1. The Morgan fingerprint density at radius 1 is 1.21 bits per heavy atom. The van der Waals surface area contributed by atoms with Crippen molar-refractivity contribution in [1.82, 2.24) is 9.88 Å². The number of rotatable bonds is 8. The summed E-state index contributed by atoms with van der Waals surface area (Å²) in [5, 5.41) is 0.698. The number of halogens is 1. The topological polar surface area (TPSA) is 42.4 Å². The van der Waals surface area contributed by atoms with Gasteiger partial charge in [0.25, 0.3) is 5.91 Å². The Hall–Kier alpha value is -2.99. The number of benzene rings is 2. The first-order valence-electron chi connectivity index (χ1n) is 8.85. The molecule has 0 N–H and O–H groups in total. The molecule has 4 nitrogen and oxygen atoms in total. The van der Waals surface area contributed by atoms with E-state index in [1.54, 1.807) is 23.1 Å². The van der Waals surface area contributed by atoms with Crippen molar-refractivity contribution >= 4 is 17.2 Å². The van der Waals surface area contributed by atoms with Crippen LogP contribution in [0.3, 0.4) is 0 Å². The van der Waals surface area contributed by atoms with E-state index in [-0.39, 0.29) is 18.3 Å². The molecule has 0 aliphatic rings. The van der Waals surface area contributed by atoms with Crippen LogP contribution in [0.25, 0.3) is 0 Å². The number of carbonyl (C=O) groups excluding carboxylic acids is 1. The van der Waals surface area contributed by atoms with Crippen LogP contribution >= 0.6 is 11.3 Å². The van der Waals surface area contributed by atoms with Crippen LogP contribution in [-0.2, 0) is 13.2 Å². The van der Waals surface area contributed by atoms with E-state index in [9.17, 15) is 9.18 Å². The molecule has 0 aliphatic heterocycles. The summed E-state index contributed by atoms with van der Waals surface area (Å²) in [6.07, 6.45) is 1.72. The Bertz CT molecular complexity index is 939. The van der Waals surface area contributed by atoms with Crippen LogP contribution in [0.5, 0.6) is 5.75 Å². The van der Waals surface area contributed by atoms with Crippen molar-refractivity contribution in [2.75, 3.05) is 6.54 Å². The minimum absolute atomic E-state index is 0.0771. The molecular weight excluding hydrogens is 375 g/mol. The average Bonchev–Trinajstić information content (AvgIpc) is 3.08. The van der Waals surface area contributed by atoms with Crippen molar-refractivity contribution in [3.63, 3.8) is 0 Å².